The van der Waals surface area contributed by atoms with Gasteiger partial charge in [0, 0.05) is 12.8 Å². The van der Waals surface area contributed by atoms with Crippen LogP contribution in [-0.4, -0.2) is 43.2 Å². The molecule has 0 radical (unpaired) electrons. The summed E-state index contributed by atoms with van der Waals surface area (Å²) in [5, 5.41) is 0. The van der Waals surface area contributed by atoms with Crippen molar-refractivity contribution in [2.75, 3.05) is 26.7 Å². The summed E-state index contributed by atoms with van der Waals surface area (Å²) in [6, 6.07) is 0. The quantitative estimate of drug-likeness (QED) is 0.105. The standard InChI is InChI=1S/C39H68NO2/c1-28(2)11-10-12-30(4)34-16-17-35-33-15-14-31-27-32(18-22-38(31,5)36(33)19-23-39(34,35)6)42-37(41)13-8-9-24-40(7)25-20-29(3)21-26-40/h14,28-30,32-36H,8-13,15-27H2,1-7H3/q+1/t29?,30-,32+,33+,34-,35+,36+,38+,39-,40?/m1/s1. The molecule has 5 rings (SSSR count). The third-order valence-corrected chi connectivity index (χ3v) is 14.2. The van der Waals surface area contributed by atoms with Crippen LogP contribution in [-0.2, 0) is 9.53 Å². The first-order valence-electron chi connectivity index (χ1n) is 18.7. The van der Waals surface area contributed by atoms with Gasteiger partial charge in [-0.3, -0.25) is 4.79 Å². The number of quaternary nitrogens is 1. The fourth-order valence-electron chi connectivity index (χ4n) is 11.3. The number of fused-ring (bicyclic) bond motifs is 5. The van der Waals surface area contributed by atoms with Crippen molar-refractivity contribution in [2.45, 2.75) is 150 Å². The molecule has 0 aromatic carbocycles. The smallest absolute Gasteiger partial charge is 0.306 e. The van der Waals surface area contributed by atoms with Crippen molar-refractivity contribution >= 4 is 5.97 Å². The Balaban J connectivity index is 1.11. The number of esters is 1. The summed E-state index contributed by atoms with van der Waals surface area (Å²) in [5.74, 6) is 6.21. The Bertz CT molecular complexity index is 946. The maximum atomic E-state index is 12.9. The van der Waals surface area contributed by atoms with Crippen molar-refractivity contribution < 1.29 is 14.0 Å². The van der Waals surface area contributed by atoms with E-state index in [9.17, 15) is 4.79 Å². The molecule has 0 aromatic rings. The number of hydrogen-bond acceptors (Lipinski definition) is 2. The molecule has 0 unspecified atom stereocenters. The fourth-order valence-corrected chi connectivity index (χ4v) is 11.3. The molecule has 42 heavy (non-hydrogen) atoms. The van der Waals surface area contributed by atoms with Crippen molar-refractivity contribution in [3.8, 4) is 0 Å². The van der Waals surface area contributed by atoms with Gasteiger partial charge < -0.3 is 9.22 Å². The molecule has 0 aromatic heterocycles. The van der Waals surface area contributed by atoms with E-state index in [0.29, 0.717) is 17.3 Å². The molecule has 0 spiro atoms. The number of piperidine rings is 1. The first kappa shape index (κ1) is 32.6. The SMILES string of the molecule is CC(C)CCC[C@@H](C)[C@H]1CC[C@H]2[C@@H]3CC=C4C[C@@H](OC(=O)CCCC[N+]5(C)CCC(C)CC5)CC[C@]4(C)[C@H]3CC[C@]12C. The molecule has 4 fully saturated rings. The van der Waals surface area contributed by atoms with Crippen molar-refractivity contribution in [1.82, 2.24) is 0 Å². The van der Waals surface area contributed by atoms with E-state index >= 15 is 0 Å². The van der Waals surface area contributed by atoms with Crippen molar-refractivity contribution in [3.05, 3.63) is 11.6 Å². The van der Waals surface area contributed by atoms with Gasteiger partial charge >= 0.3 is 5.97 Å². The van der Waals surface area contributed by atoms with Crippen LogP contribution in [0.15, 0.2) is 11.6 Å². The maximum absolute atomic E-state index is 12.9. The van der Waals surface area contributed by atoms with E-state index in [1.807, 2.05) is 0 Å². The second-order valence-electron chi connectivity index (χ2n) is 17.6. The third kappa shape index (κ3) is 6.87. The number of carbonyl (C=O) groups is 1. The maximum Gasteiger partial charge on any atom is 0.306 e. The van der Waals surface area contributed by atoms with Crippen LogP contribution >= 0.6 is 0 Å². The van der Waals surface area contributed by atoms with Crippen LogP contribution in [0.5, 0.6) is 0 Å². The Hall–Kier alpha value is -0.830. The lowest BCUT2D eigenvalue weighted by Gasteiger charge is -2.58. The van der Waals surface area contributed by atoms with Crippen molar-refractivity contribution in [1.29, 1.82) is 0 Å². The minimum Gasteiger partial charge on any atom is -0.462 e. The van der Waals surface area contributed by atoms with Crippen LogP contribution in [0.25, 0.3) is 0 Å². The Kier molecular flexibility index (Phi) is 10.3. The summed E-state index contributed by atoms with van der Waals surface area (Å²) in [6.45, 7) is 18.9. The number of ether oxygens (including phenoxy) is 1. The van der Waals surface area contributed by atoms with Crippen LogP contribution < -0.4 is 0 Å². The van der Waals surface area contributed by atoms with E-state index < -0.39 is 0 Å². The highest BCUT2D eigenvalue weighted by Gasteiger charge is 2.59. The Morgan fingerprint density at radius 3 is 2.45 bits per heavy atom. The number of rotatable bonds is 11. The van der Waals surface area contributed by atoms with Gasteiger partial charge in [-0.25, -0.2) is 0 Å². The number of likely N-dealkylation sites (tertiary alicyclic amines) is 1. The molecule has 1 saturated heterocycles. The summed E-state index contributed by atoms with van der Waals surface area (Å²) in [4.78, 5) is 12.9. The lowest BCUT2D eigenvalue weighted by atomic mass is 9.47. The Morgan fingerprint density at radius 1 is 0.952 bits per heavy atom. The molecular weight excluding hydrogens is 514 g/mol. The average Bonchev–Trinajstić information content (AvgIpc) is 3.30. The molecule has 5 aliphatic rings. The lowest BCUT2D eigenvalue weighted by Crippen LogP contribution is -2.51. The predicted molar refractivity (Wildman–Crippen MR) is 176 cm³/mol. The molecule has 1 aliphatic heterocycles. The van der Waals surface area contributed by atoms with Gasteiger partial charge in [-0.1, -0.05) is 72.5 Å². The van der Waals surface area contributed by atoms with Gasteiger partial charge in [0.1, 0.15) is 6.10 Å². The molecule has 3 saturated carbocycles. The molecule has 0 N–H and O–H groups in total. The number of hydrogen-bond donors (Lipinski definition) is 0. The lowest BCUT2D eigenvalue weighted by molar-refractivity contribution is -0.915. The monoisotopic (exact) mass is 583 g/mol. The van der Waals surface area contributed by atoms with Gasteiger partial charge in [-0.05, 0) is 123 Å². The highest BCUT2D eigenvalue weighted by Crippen LogP contribution is 2.67. The number of allylic oxidation sites excluding steroid dienone is 1. The minimum absolute atomic E-state index is 0.0563. The minimum atomic E-state index is 0.0563. The number of nitrogens with zero attached hydrogens (tertiary/aromatic N) is 1. The Labute approximate surface area is 260 Å². The second kappa shape index (κ2) is 13.3. The molecule has 3 nitrogen and oxygen atoms in total. The molecule has 0 bridgehead atoms. The molecule has 4 aliphatic carbocycles. The zero-order chi connectivity index (χ0) is 30.1. The van der Waals surface area contributed by atoms with E-state index in [0.717, 1.165) is 67.1 Å². The second-order valence-corrected chi connectivity index (χ2v) is 17.6. The molecular formula is C39H68NO2+. The number of unbranched alkanes of at least 4 members (excludes halogenated alkanes) is 1. The van der Waals surface area contributed by atoms with E-state index in [4.69, 9.17) is 4.74 Å². The molecule has 3 heteroatoms. The zero-order valence-electron chi connectivity index (χ0n) is 28.9. The average molecular weight is 583 g/mol. The van der Waals surface area contributed by atoms with Gasteiger partial charge in [0.25, 0.3) is 0 Å². The predicted octanol–water partition coefficient (Wildman–Crippen LogP) is 9.99. The summed E-state index contributed by atoms with van der Waals surface area (Å²) < 4.78 is 7.34. The van der Waals surface area contributed by atoms with Gasteiger partial charge in [-0.15, -0.1) is 0 Å². The Morgan fingerprint density at radius 2 is 1.71 bits per heavy atom. The first-order valence-corrected chi connectivity index (χ1v) is 18.7. The zero-order valence-corrected chi connectivity index (χ0v) is 28.9. The summed E-state index contributed by atoms with van der Waals surface area (Å²) >= 11 is 0. The van der Waals surface area contributed by atoms with Gasteiger partial charge in [0.2, 0.25) is 0 Å². The van der Waals surface area contributed by atoms with Crippen LogP contribution in [0.1, 0.15) is 144 Å². The van der Waals surface area contributed by atoms with E-state index in [1.165, 1.54) is 94.7 Å². The summed E-state index contributed by atoms with van der Waals surface area (Å²) in [5.41, 5.74) is 2.53. The molecule has 240 valence electrons. The highest BCUT2D eigenvalue weighted by molar-refractivity contribution is 5.69. The van der Waals surface area contributed by atoms with Crippen LogP contribution in [0.4, 0.5) is 0 Å². The summed E-state index contributed by atoms with van der Waals surface area (Å²) in [6.07, 6.45) is 22.8. The summed E-state index contributed by atoms with van der Waals surface area (Å²) in [7, 11) is 2.42. The van der Waals surface area contributed by atoms with E-state index in [1.54, 1.807) is 5.57 Å². The van der Waals surface area contributed by atoms with Crippen LogP contribution in [0.3, 0.4) is 0 Å². The number of carbonyl (C=O) groups excluding carboxylic acids is 1. The normalized spacial score (nSPS) is 42.3. The fraction of sp³-hybridized carbons (Fsp3) is 0.923. The highest BCUT2D eigenvalue weighted by atomic mass is 16.5. The van der Waals surface area contributed by atoms with Crippen LogP contribution in [0, 0.1) is 52.3 Å². The van der Waals surface area contributed by atoms with Gasteiger partial charge in [0.05, 0.1) is 26.7 Å². The third-order valence-electron chi connectivity index (χ3n) is 14.2. The van der Waals surface area contributed by atoms with Crippen molar-refractivity contribution in [3.63, 3.8) is 0 Å². The van der Waals surface area contributed by atoms with E-state index in [2.05, 4.69) is 54.7 Å². The van der Waals surface area contributed by atoms with E-state index in [-0.39, 0.29) is 12.1 Å². The molecule has 0 amide bonds. The molecule has 8 atom stereocenters. The van der Waals surface area contributed by atoms with Crippen molar-refractivity contribution in [2.24, 2.45) is 52.3 Å². The first-order chi connectivity index (χ1) is 19.9. The topological polar surface area (TPSA) is 26.3 Å². The molecule has 1 heterocycles. The largest absolute Gasteiger partial charge is 0.462 e. The van der Waals surface area contributed by atoms with Crippen LogP contribution in [0.2, 0.25) is 0 Å². The van der Waals surface area contributed by atoms with Gasteiger partial charge in [0.15, 0.2) is 0 Å². The van der Waals surface area contributed by atoms with Gasteiger partial charge in [-0.2, -0.15) is 0 Å².